The Morgan fingerprint density at radius 2 is 1.67 bits per heavy atom. The summed E-state index contributed by atoms with van der Waals surface area (Å²) in [5, 5.41) is 7.02. The van der Waals surface area contributed by atoms with Crippen molar-refractivity contribution >= 4 is 45.8 Å². The molecule has 0 aliphatic heterocycles. The van der Waals surface area contributed by atoms with Crippen LogP contribution in [0.25, 0.3) is 11.0 Å². The van der Waals surface area contributed by atoms with Gasteiger partial charge in [-0.15, -0.1) is 0 Å². The Morgan fingerprint density at radius 3 is 2.41 bits per heavy atom. The van der Waals surface area contributed by atoms with Gasteiger partial charge in [-0.3, -0.25) is 9.59 Å². The summed E-state index contributed by atoms with van der Waals surface area (Å²) in [4.78, 5) is 25.4. The number of benzene rings is 2. The summed E-state index contributed by atoms with van der Waals surface area (Å²) in [5.41, 5.74) is 1.58. The van der Waals surface area contributed by atoms with Crippen LogP contribution in [0.4, 0.5) is 11.4 Å². The average Bonchev–Trinajstić information content (AvgIpc) is 3.32. The minimum atomic E-state index is -0.421. The van der Waals surface area contributed by atoms with Gasteiger partial charge >= 0.3 is 0 Å². The van der Waals surface area contributed by atoms with Gasteiger partial charge in [0.15, 0.2) is 0 Å². The van der Waals surface area contributed by atoms with E-state index in [2.05, 4.69) is 10.6 Å². The molecule has 0 bridgehead atoms. The third-order valence-corrected chi connectivity index (χ3v) is 5.13. The van der Waals surface area contributed by atoms with Crippen LogP contribution in [0.2, 0.25) is 5.02 Å². The first-order valence-electron chi connectivity index (χ1n) is 9.01. The van der Waals surface area contributed by atoms with E-state index in [1.165, 1.54) is 0 Å². The molecule has 1 aliphatic rings. The van der Waals surface area contributed by atoms with E-state index in [4.69, 9.17) is 16.0 Å². The smallest absolute Gasteiger partial charge is 0.293 e. The van der Waals surface area contributed by atoms with Crippen molar-refractivity contribution in [1.29, 1.82) is 0 Å². The molecule has 138 valence electrons. The maximum Gasteiger partial charge on any atom is 0.293 e. The lowest BCUT2D eigenvalue weighted by atomic mass is 10.1. The van der Waals surface area contributed by atoms with Gasteiger partial charge in [0.05, 0.1) is 0 Å². The van der Waals surface area contributed by atoms with Crippen LogP contribution < -0.4 is 10.6 Å². The van der Waals surface area contributed by atoms with E-state index < -0.39 is 5.91 Å². The van der Waals surface area contributed by atoms with Crippen LogP contribution in [0.1, 0.15) is 36.2 Å². The second-order valence-corrected chi connectivity index (χ2v) is 7.17. The van der Waals surface area contributed by atoms with Crippen LogP contribution >= 0.6 is 11.6 Å². The molecule has 0 unspecified atom stereocenters. The van der Waals surface area contributed by atoms with Crippen molar-refractivity contribution in [2.24, 2.45) is 5.92 Å². The predicted molar refractivity (Wildman–Crippen MR) is 106 cm³/mol. The second kappa shape index (κ2) is 7.45. The highest BCUT2D eigenvalue weighted by Gasteiger charge is 2.27. The minimum Gasteiger partial charge on any atom is -0.449 e. The van der Waals surface area contributed by atoms with Gasteiger partial charge in [-0.25, -0.2) is 0 Å². The van der Waals surface area contributed by atoms with Crippen LogP contribution in [0, 0.1) is 5.92 Å². The maximum absolute atomic E-state index is 12.8. The molecule has 1 fully saturated rings. The number of carbonyl (C=O) groups is 2. The number of hydrogen-bond donors (Lipinski definition) is 2. The molecule has 0 saturated heterocycles. The Balaban J connectivity index is 1.65. The van der Waals surface area contributed by atoms with Gasteiger partial charge in [0.1, 0.15) is 11.3 Å². The molecule has 27 heavy (non-hydrogen) atoms. The topological polar surface area (TPSA) is 71.3 Å². The molecular formula is C21H19ClN2O3. The van der Waals surface area contributed by atoms with Crippen LogP contribution in [0.15, 0.2) is 52.9 Å². The Morgan fingerprint density at radius 1 is 0.963 bits per heavy atom. The number of hydrogen-bond acceptors (Lipinski definition) is 3. The molecule has 4 rings (SSSR count). The van der Waals surface area contributed by atoms with Gasteiger partial charge in [-0.2, -0.15) is 0 Å². The summed E-state index contributed by atoms with van der Waals surface area (Å²) in [6, 6.07) is 14.1. The van der Waals surface area contributed by atoms with Crippen LogP contribution in [-0.4, -0.2) is 11.8 Å². The summed E-state index contributed by atoms with van der Waals surface area (Å²) < 4.78 is 5.77. The van der Waals surface area contributed by atoms with E-state index in [0.29, 0.717) is 27.4 Å². The zero-order chi connectivity index (χ0) is 18.8. The fourth-order valence-electron chi connectivity index (χ4n) is 3.46. The molecule has 6 heteroatoms. The molecule has 2 aromatic carbocycles. The van der Waals surface area contributed by atoms with E-state index in [0.717, 1.165) is 25.7 Å². The highest BCUT2D eigenvalue weighted by Crippen LogP contribution is 2.33. The number of amides is 2. The third-order valence-electron chi connectivity index (χ3n) is 4.88. The first-order valence-corrected chi connectivity index (χ1v) is 9.39. The van der Waals surface area contributed by atoms with E-state index in [-0.39, 0.29) is 17.6 Å². The van der Waals surface area contributed by atoms with Crippen LogP contribution in [0.5, 0.6) is 0 Å². The SMILES string of the molecule is O=C(Nc1ccc(Cl)cc1)c1oc2ccccc2c1NC(=O)C1CCCC1. The van der Waals surface area contributed by atoms with Crippen molar-refractivity contribution in [2.45, 2.75) is 25.7 Å². The largest absolute Gasteiger partial charge is 0.449 e. The van der Waals surface area contributed by atoms with Crippen molar-refractivity contribution in [1.82, 2.24) is 0 Å². The molecule has 0 atom stereocenters. The highest BCUT2D eigenvalue weighted by atomic mass is 35.5. The molecular weight excluding hydrogens is 364 g/mol. The molecule has 5 nitrogen and oxygen atoms in total. The zero-order valence-corrected chi connectivity index (χ0v) is 15.4. The van der Waals surface area contributed by atoms with Gasteiger partial charge in [-0.1, -0.05) is 36.6 Å². The molecule has 1 aromatic heterocycles. The van der Waals surface area contributed by atoms with Crippen molar-refractivity contribution < 1.29 is 14.0 Å². The van der Waals surface area contributed by atoms with Crippen molar-refractivity contribution in [3.05, 3.63) is 59.3 Å². The van der Waals surface area contributed by atoms with Gasteiger partial charge in [-0.05, 0) is 49.2 Å². The van der Waals surface area contributed by atoms with Gasteiger partial charge in [0.2, 0.25) is 11.7 Å². The minimum absolute atomic E-state index is 0.00848. The summed E-state index contributed by atoms with van der Waals surface area (Å²) in [5.74, 6) is -0.391. The maximum atomic E-state index is 12.8. The number of anilines is 2. The van der Waals surface area contributed by atoms with E-state index in [9.17, 15) is 9.59 Å². The number of rotatable bonds is 4. The number of para-hydroxylation sites is 1. The number of nitrogens with one attached hydrogen (secondary N) is 2. The highest BCUT2D eigenvalue weighted by molar-refractivity contribution is 6.30. The molecule has 1 heterocycles. The lowest BCUT2D eigenvalue weighted by Crippen LogP contribution is -2.22. The Kier molecular flexibility index (Phi) is 4.86. The predicted octanol–water partition coefficient (Wildman–Crippen LogP) is 5.47. The Labute approximate surface area is 161 Å². The molecule has 3 aromatic rings. The second-order valence-electron chi connectivity index (χ2n) is 6.73. The fourth-order valence-corrected chi connectivity index (χ4v) is 3.59. The summed E-state index contributed by atoms with van der Waals surface area (Å²) in [6.07, 6.45) is 3.89. The zero-order valence-electron chi connectivity index (χ0n) is 14.6. The van der Waals surface area contributed by atoms with Gasteiger partial charge in [0, 0.05) is 22.0 Å². The molecule has 0 spiro atoms. The van der Waals surface area contributed by atoms with Crippen molar-refractivity contribution in [3.8, 4) is 0 Å². The average molecular weight is 383 g/mol. The van der Waals surface area contributed by atoms with E-state index in [1.54, 1.807) is 30.3 Å². The summed E-state index contributed by atoms with van der Waals surface area (Å²) >= 11 is 5.88. The van der Waals surface area contributed by atoms with E-state index in [1.807, 2.05) is 18.2 Å². The molecule has 1 saturated carbocycles. The number of halogens is 1. The monoisotopic (exact) mass is 382 g/mol. The standard InChI is InChI=1S/C21H19ClN2O3/c22-14-9-11-15(12-10-14)23-21(26)19-18(16-7-3-4-8-17(16)27-19)24-20(25)13-5-1-2-6-13/h3-4,7-13H,1-2,5-6H2,(H,23,26)(H,24,25). The summed E-state index contributed by atoms with van der Waals surface area (Å²) in [7, 11) is 0. The number of carbonyl (C=O) groups excluding carboxylic acids is 2. The molecule has 2 amide bonds. The Hall–Kier alpha value is -2.79. The Bertz CT molecular complexity index is 988. The first kappa shape index (κ1) is 17.6. The quantitative estimate of drug-likeness (QED) is 0.628. The molecule has 0 radical (unpaired) electrons. The first-order chi connectivity index (χ1) is 13.1. The lowest BCUT2D eigenvalue weighted by Gasteiger charge is -2.11. The van der Waals surface area contributed by atoms with Crippen LogP contribution in [-0.2, 0) is 4.79 Å². The van der Waals surface area contributed by atoms with Gasteiger partial charge < -0.3 is 15.1 Å². The summed E-state index contributed by atoms with van der Waals surface area (Å²) in [6.45, 7) is 0. The van der Waals surface area contributed by atoms with Crippen molar-refractivity contribution in [3.63, 3.8) is 0 Å². The van der Waals surface area contributed by atoms with Crippen molar-refractivity contribution in [2.75, 3.05) is 10.6 Å². The molecule has 1 aliphatic carbocycles. The normalized spacial score (nSPS) is 14.4. The lowest BCUT2D eigenvalue weighted by molar-refractivity contribution is -0.119. The van der Waals surface area contributed by atoms with Crippen LogP contribution in [0.3, 0.4) is 0 Å². The number of furan rings is 1. The fraction of sp³-hybridized carbons (Fsp3) is 0.238. The third kappa shape index (κ3) is 3.69. The number of fused-ring (bicyclic) bond motifs is 1. The van der Waals surface area contributed by atoms with E-state index >= 15 is 0 Å². The van der Waals surface area contributed by atoms with Gasteiger partial charge in [0.25, 0.3) is 5.91 Å². The molecule has 2 N–H and O–H groups in total.